The second kappa shape index (κ2) is 3.68. The normalized spacial score (nSPS) is 49.2. The molecule has 12 heavy (non-hydrogen) atoms. The number of hydrogen-bond donors (Lipinski definition) is 4. The minimum atomic E-state index is -1.21. The van der Waals surface area contributed by atoms with Gasteiger partial charge in [-0.25, -0.2) is 0 Å². The van der Waals surface area contributed by atoms with E-state index in [1.807, 2.05) is 0 Å². The molecule has 1 rings (SSSR count). The number of aliphatic hydroxyl groups is 4. The minimum Gasteiger partial charge on any atom is -0.396 e. The summed E-state index contributed by atoms with van der Waals surface area (Å²) in [4.78, 5) is 0. The van der Waals surface area contributed by atoms with Crippen molar-refractivity contribution < 1.29 is 25.2 Å². The molecule has 1 fully saturated rings. The Hall–Kier alpha value is -0.200. The highest BCUT2D eigenvalue weighted by atomic mass is 16.6. The molecule has 1 heterocycles. The van der Waals surface area contributed by atoms with Gasteiger partial charge in [0.1, 0.15) is 6.10 Å². The largest absolute Gasteiger partial charge is 0.396 e. The Morgan fingerprint density at radius 3 is 2.25 bits per heavy atom. The van der Waals surface area contributed by atoms with Gasteiger partial charge in [0.25, 0.3) is 0 Å². The maximum atomic E-state index is 9.33. The molecule has 1 aliphatic heterocycles. The predicted octanol–water partition coefficient (Wildman–Crippen LogP) is -1.95. The second-order valence-corrected chi connectivity index (χ2v) is 3.06. The van der Waals surface area contributed by atoms with Crippen molar-refractivity contribution >= 4 is 0 Å². The molecule has 0 radical (unpaired) electrons. The van der Waals surface area contributed by atoms with E-state index >= 15 is 0 Å². The molecule has 5 nitrogen and oxygen atoms in total. The summed E-state index contributed by atoms with van der Waals surface area (Å²) in [5, 5.41) is 36.5. The Balaban J connectivity index is 2.65. The predicted molar refractivity (Wildman–Crippen MR) is 39.1 cm³/mol. The third kappa shape index (κ3) is 1.60. The van der Waals surface area contributed by atoms with E-state index in [0.717, 1.165) is 0 Å². The topological polar surface area (TPSA) is 90.2 Å². The molecule has 0 aromatic rings. The maximum absolute atomic E-state index is 9.33. The van der Waals surface area contributed by atoms with Gasteiger partial charge in [0.2, 0.25) is 0 Å². The van der Waals surface area contributed by atoms with Crippen LogP contribution in [0.3, 0.4) is 0 Å². The van der Waals surface area contributed by atoms with Crippen LogP contribution in [0.4, 0.5) is 0 Å². The van der Waals surface area contributed by atoms with Crippen molar-refractivity contribution in [3.63, 3.8) is 0 Å². The van der Waals surface area contributed by atoms with Gasteiger partial charge in [-0.2, -0.15) is 0 Å². The van der Waals surface area contributed by atoms with Crippen molar-refractivity contribution in [2.45, 2.75) is 31.5 Å². The highest BCUT2D eigenvalue weighted by Gasteiger charge is 2.41. The number of rotatable bonds is 1. The van der Waals surface area contributed by atoms with Gasteiger partial charge in [0.05, 0.1) is 24.7 Å². The Labute approximate surface area is 70.2 Å². The molecule has 0 aliphatic carbocycles. The molecule has 1 aliphatic rings. The molecule has 0 bridgehead atoms. The van der Waals surface area contributed by atoms with Gasteiger partial charge in [-0.15, -0.1) is 0 Å². The molecule has 1 saturated heterocycles. The molecular weight excluding hydrogens is 164 g/mol. The molecule has 0 saturated carbocycles. The van der Waals surface area contributed by atoms with E-state index in [9.17, 15) is 15.3 Å². The molecule has 0 aromatic carbocycles. The van der Waals surface area contributed by atoms with E-state index in [-0.39, 0.29) is 0 Å². The fourth-order valence-electron chi connectivity index (χ4n) is 1.30. The van der Waals surface area contributed by atoms with Gasteiger partial charge in [-0.05, 0) is 6.92 Å². The molecule has 4 N–H and O–H groups in total. The third-order valence-corrected chi connectivity index (χ3v) is 2.20. The Bertz CT molecular complexity index is 151. The van der Waals surface area contributed by atoms with Crippen molar-refractivity contribution in [1.82, 2.24) is 0 Å². The lowest BCUT2D eigenvalue weighted by atomic mass is 9.92. The highest BCUT2D eigenvalue weighted by molar-refractivity contribution is 4.86. The second-order valence-electron chi connectivity index (χ2n) is 3.06. The first-order chi connectivity index (χ1) is 5.57. The average molecular weight is 178 g/mol. The summed E-state index contributed by atoms with van der Waals surface area (Å²) < 4.78 is 4.86. The van der Waals surface area contributed by atoms with Crippen LogP contribution in [0.25, 0.3) is 0 Å². The molecule has 5 heteroatoms. The first kappa shape index (κ1) is 9.88. The standard InChI is InChI=1S/C7H14O5/c1-3-5(9)6(10)4(2-8)7(11)12-3/h3-11H,2H2,1H3/t3?,4?,5-,6?,7+/m0/s1. The third-order valence-electron chi connectivity index (χ3n) is 2.20. The molecule has 0 aromatic heterocycles. The summed E-state index contributed by atoms with van der Waals surface area (Å²) >= 11 is 0. The Morgan fingerprint density at radius 2 is 1.75 bits per heavy atom. The maximum Gasteiger partial charge on any atom is 0.162 e. The van der Waals surface area contributed by atoms with E-state index in [0.29, 0.717) is 0 Å². The van der Waals surface area contributed by atoms with E-state index in [1.54, 1.807) is 6.92 Å². The van der Waals surface area contributed by atoms with Crippen LogP contribution >= 0.6 is 0 Å². The summed E-state index contributed by atoms with van der Waals surface area (Å²) in [6, 6.07) is 0. The van der Waals surface area contributed by atoms with Gasteiger partial charge in [0, 0.05) is 0 Å². The first-order valence-electron chi connectivity index (χ1n) is 3.88. The van der Waals surface area contributed by atoms with E-state index < -0.39 is 37.1 Å². The lowest BCUT2D eigenvalue weighted by Crippen LogP contribution is -2.54. The molecular formula is C7H14O5. The van der Waals surface area contributed by atoms with Crippen LogP contribution < -0.4 is 0 Å². The monoisotopic (exact) mass is 178 g/mol. The number of ether oxygens (including phenoxy) is 1. The van der Waals surface area contributed by atoms with Gasteiger partial charge in [-0.1, -0.05) is 0 Å². The van der Waals surface area contributed by atoms with Crippen LogP contribution in [-0.2, 0) is 4.74 Å². The molecule has 72 valence electrons. The van der Waals surface area contributed by atoms with Crippen LogP contribution in [0.15, 0.2) is 0 Å². The summed E-state index contributed by atoms with van der Waals surface area (Å²) in [6.45, 7) is 1.14. The molecule has 5 atom stereocenters. The van der Waals surface area contributed by atoms with Crippen molar-refractivity contribution in [3.05, 3.63) is 0 Å². The zero-order chi connectivity index (χ0) is 9.30. The van der Waals surface area contributed by atoms with Gasteiger partial charge in [0.15, 0.2) is 6.29 Å². The lowest BCUT2D eigenvalue weighted by Gasteiger charge is -2.38. The van der Waals surface area contributed by atoms with Gasteiger partial charge in [-0.3, -0.25) is 0 Å². The highest BCUT2D eigenvalue weighted by Crippen LogP contribution is 2.23. The first-order valence-corrected chi connectivity index (χ1v) is 3.88. The van der Waals surface area contributed by atoms with Gasteiger partial charge >= 0.3 is 0 Å². The molecule has 3 unspecified atom stereocenters. The van der Waals surface area contributed by atoms with Crippen molar-refractivity contribution in [2.24, 2.45) is 5.92 Å². The summed E-state index contributed by atoms with van der Waals surface area (Å²) in [5.74, 6) is -0.823. The van der Waals surface area contributed by atoms with Crippen LogP contribution in [-0.4, -0.2) is 51.6 Å². The zero-order valence-electron chi connectivity index (χ0n) is 6.79. The van der Waals surface area contributed by atoms with E-state index in [1.165, 1.54) is 0 Å². The number of hydrogen-bond acceptors (Lipinski definition) is 5. The summed E-state index contributed by atoms with van der Waals surface area (Å²) in [6.07, 6.45) is -4.00. The van der Waals surface area contributed by atoms with Crippen LogP contribution in [0, 0.1) is 5.92 Å². The zero-order valence-corrected chi connectivity index (χ0v) is 6.79. The average Bonchev–Trinajstić information content (AvgIpc) is 2.01. The smallest absolute Gasteiger partial charge is 0.162 e. The van der Waals surface area contributed by atoms with Crippen molar-refractivity contribution in [2.75, 3.05) is 6.61 Å². The Kier molecular flexibility index (Phi) is 3.03. The fraction of sp³-hybridized carbons (Fsp3) is 1.00. The van der Waals surface area contributed by atoms with Gasteiger partial charge < -0.3 is 25.2 Å². The minimum absolute atomic E-state index is 0.411. The van der Waals surface area contributed by atoms with E-state index in [4.69, 9.17) is 9.84 Å². The lowest BCUT2D eigenvalue weighted by molar-refractivity contribution is -0.264. The van der Waals surface area contributed by atoms with Crippen LogP contribution in [0.2, 0.25) is 0 Å². The quantitative estimate of drug-likeness (QED) is 0.375. The van der Waals surface area contributed by atoms with Crippen molar-refractivity contribution in [1.29, 1.82) is 0 Å². The van der Waals surface area contributed by atoms with Crippen LogP contribution in [0.1, 0.15) is 6.92 Å². The molecule has 0 spiro atoms. The number of aliphatic hydroxyl groups excluding tert-OH is 4. The summed E-state index contributed by atoms with van der Waals surface area (Å²) in [7, 11) is 0. The fourth-order valence-corrected chi connectivity index (χ4v) is 1.30. The van der Waals surface area contributed by atoms with E-state index in [2.05, 4.69) is 0 Å². The SMILES string of the molecule is CC1O[C@@H](O)C(CO)C(O)[C@H]1O. The molecule has 0 amide bonds. The summed E-state index contributed by atoms with van der Waals surface area (Å²) in [5.41, 5.74) is 0. The van der Waals surface area contributed by atoms with Crippen LogP contribution in [0.5, 0.6) is 0 Å². The van der Waals surface area contributed by atoms with Crippen molar-refractivity contribution in [3.8, 4) is 0 Å². The Morgan fingerprint density at radius 1 is 1.17 bits per heavy atom.